The largest absolute Gasteiger partial charge is 0.767 e. The second kappa shape index (κ2) is 3.42. The molecule has 64 valence electrons. The van der Waals surface area contributed by atoms with Crippen LogP contribution < -0.4 is 0 Å². The van der Waals surface area contributed by atoms with E-state index < -0.39 is 22.1 Å². The Labute approximate surface area is 70.3 Å². The van der Waals surface area contributed by atoms with Gasteiger partial charge in [-0.25, -0.2) is 9.78 Å². The van der Waals surface area contributed by atoms with Gasteiger partial charge < -0.3 is 9.66 Å². The molecule has 1 rings (SSSR count). The highest BCUT2D eigenvalue weighted by Gasteiger charge is 2.09. The summed E-state index contributed by atoms with van der Waals surface area (Å²) in [5.74, 6) is -1.30. The first-order chi connectivity index (χ1) is 5.63. The van der Waals surface area contributed by atoms with E-state index in [-0.39, 0.29) is 5.56 Å². The third-order valence-electron chi connectivity index (χ3n) is 1.16. The Kier molecular flexibility index (Phi) is 2.51. The minimum Gasteiger partial charge on any atom is -0.767 e. The molecule has 0 amide bonds. The lowest BCUT2D eigenvalue weighted by Gasteiger charge is -2.05. The van der Waals surface area contributed by atoms with Gasteiger partial charge in [0.1, 0.15) is 5.03 Å². The van der Waals surface area contributed by atoms with E-state index >= 15 is 0 Å². The Bertz CT molecular complexity index is 305. The summed E-state index contributed by atoms with van der Waals surface area (Å²) in [7, 11) is 0. The summed E-state index contributed by atoms with van der Waals surface area (Å²) in [5, 5.41) is 8.06. The maximum atomic E-state index is 10.4. The van der Waals surface area contributed by atoms with E-state index in [0.717, 1.165) is 0 Å². The molecule has 12 heavy (non-hydrogen) atoms. The first-order valence-electron chi connectivity index (χ1n) is 2.90. The summed E-state index contributed by atoms with van der Waals surface area (Å²) in [6, 6.07) is 2.54. The van der Waals surface area contributed by atoms with Gasteiger partial charge in [-0.2, -0.15) is 0 Å². The molecule has 0 aliphatic heterocycles. The van der Waals surface area contributed by atoms with Gasteiger partial charge in [-0.15, -0.1) is 0 Å². The van der Waals surface area contributed by atoms with E-state index in [1.807, 2.05) is 0 Å². The highest BCUT2D eigenvalue weighted by molar-refractivity contribution is 7.79. The molecule has 0 radical (unpaired) electrons. The number of nitrogens with zero attached hydrogens (tertiary/aromatic N) is 1. The second-order valence-corrected chi connectivity index (χ2v) is 2.75. The van der Waals surface area contributed by atoms with Gasteiger partial charge in [0.15, 0.2) is 0 Å². The molecule has 1 heterocycles. The van der Waals surface area contributed by atoms with E-state index in [9.17, 15) is 13.6 Å². The number of pyridine rings is 1. The van der Waals surface area contributed by atoms with Crippen molar-refractivity contribution in [1.29, 1.82) is 0 Å². The van der Waals surface area contributed by atoms with Crippen LogP contribution in [-0.2, 0) is 11.1 Å². The highest BCUT2D eigenvalue weighted by Crippen LogP contribution is 2.07. The number of aromatic carboxylic acids is 1. The average molecular weight is 186 g/mol. The van der Waals surface area contributed by atoms with Gasteiger partial charge in [0.05, 0.1) is 5.56 Å². The van der Waals surface area contributed by atoms with Crippen molar-refractivity contribution in [3.05, 3.63) is 23.9 Å². The molecule has 0 saturated carbocycles. The monoisotopic (exact) mass is 186 g/mol. The van der Waals surface area contributed by atoms with Gasteiger partial charge in [0.2, 0.25) is 0 Å². The van der Waals surface area contributed by atoms with Crippen LogP contribution in [0.25, 0.3) is 0 Å². The topological polar surface area (TPSA) is 90.3 Å². The zero-order valence-corrected chi connectivity index (χ0v) is 6.58. The van der Waals surface area contributed by atoms with Gasteiger partial charge in [-0.3, -0.25) is 4.21 Å². The highest BCUT2D eigenvalue weighted by atomic mass is 32.2. The van der Waals surface area contributed by atoms with Gasteiger partial charge in [0.25, 0.3) is 0 Å². The lowest BCUT2D eigenvalue weighted by atomic mass is 10.3. The van der Waals surface area contributed by atoms with Crippen LogP contribution in [0.2, 0.25) is 0 Å². The summed E-state index contributed by atoms with van der Waals surface area (Å²) < 4.78 is 20.8. The van der Waals surface area contributed by atoms with Gasteiger partial charge >= 0.3 is 5.97 Å². The maximum Gasteiger partial charge on any atom is 0.338 e. The number of aromatic nitrogens is 1. The van der Waals surface area contributed by atoms with Crippen LogP contribution in [0.5, 0.6) is 0 Å². The van der Waals surface area contributed by atoms with Crippen LogP contribution in [0.4, 0.5) is 0 Å². The third kappa shape index (κ3) is 1.66. The zero-order chi connectivity index (χ0) is 9.14. The summed E-state index contributed by atoms with van der Waals surface area (Å²) in [6.07, 6.45) is 1.22. The van der Waals surface area contributed by atoms with E-state index in [2.05, 4.69) is 4.98 Å². The van der Waals surface area contributed by atoms with Crippen molar-refractivity contribution in [3.63, 3.8) is 0 Å². The lowest BCUT2D eigenvalue weighted by Crippen LogP contribution is -2.05. The number of hydrogen-bond donors (Lipinski definition) is 1. The Morgan fingerprint density at radius 3 is 2.75 bits per heavy atom. The fraction of sp³-hybridized carbons (Fsp3) is 0. The number of rotatable bonds is 2. The standard InChI is InChI=1S/C6H5NO4S/c8-6(9)4-2-1-3-7-5(4)12(10)11/h1-3H,(H,8,9)(H,10,11)/p-1. The van der Waals surface area contributed by atoms with Crippen molar-refractivity contribution in [1.82, 2.24) is 4.98 Å². The van der Waals surface area contributed by atoms with E-state index in [1.54, 1.807) is 0 Å². The molecule has 1 N–H and O–H groups in total. The lowest BCUT2D eigenvalue weighted by molar-refractivity contribution is 0.0691. The molecule has 0 aromatic carbocycles. The van der Waals surface area contributed by atoms with E-state index in [4.69, 9.17) is 5.11 Å². The van der Waals surface area contributed by atoms with E-state index in [1.165, 1.54) is 18.3 Å². The summed E-state index contributed by atoms with van der Waals surface area (Å²) in [4.78, 5) is 13.8. The SMILES string of the molecule is O=C(O)c1cccnc1S(=O)[O-]. The van der Waals surface area contributed by atoms with Crippen LogP contribution in [0.15, 0.2) is 23.4 Å². The number of carbonyl (C=O) groups is 1. The van der Waals surface area contributed by atoms with Crippen molar-refractivity contribution in [2.45, 2.75) is 5.03 Å². The smallest absolute Gasteiger partial charge is 0.338 e. The number of carboxylic acid groups (broad SMARTS) is 1. The molecule has 5 nitrogen and oxygen atoms in total. The van der Waals surface area contributed by atoms with Gasteiger partial charge in [0, 0.05) is 6.20 Å². The van der Waals surface area contributed by atoms with Crippen LogP contribution >= 0.6 is 0 Å². The molecule has 1 aromatic rings. The Hall–Kier alpha value is -1.27. The minimum atomic E-state index is -2.60. The molecule has 0 aliphatic rings. The van der Waals surface area contributed by atoms with Crippen LogP contribution in [0.1, 0.15) is 10.4 Å². The van der Waals surface area contributed by atoms with E-state index in [0.29, 0.717) is 0 Å². The molecule has 1 aromatic heterocycles. The van der Waals surface area contributed by atoms with Crippen LogP contribution in [-0.4, -0.2) is 24.8 Å². The third-order valence-corrected chi connectivity index (χ3v) is 1.80. The summed E-state index contributed by atoms with van der Waals surface area (Å²) in [6.45, 7) is 0. The molecular formula is C6H4NO4S-. The predicted molar refractivity (Wildman–Crippen MR) is 38.4 cm³/mol. The normalized spacial score (nSPS) is 12.4. The number of carboxylic acids is 1. The van der Waals surface area contributed by atoms with Crippen molar-refractivity contribution < 1.29 is 18.7 Å². The average Bonchev–Trinajstić information content (AvgIpc) is 2.04. The van der Waals surface area contributed by atoms with Crippen molar-refractivity contribution in [2.24, 2.45) is 0 Å². The molecule has 0 bridgehead atoms. The van der Waals surface area contributed by atoms with Gasteiger partial charge in [-0.05, 0) is 23.2 Å². The molecule has 1 unspecified atom stereocenters. The molecule has 0 fully saturated rings. The minimum absolute atomic E-state index is 0.314. The molecule has 0 spiro atoms. The first kappa shape index (κ1) is 8.82. The van der Waals surface area contributed by atoms with Crippen molar-refractivity contribution in [2.75, 3.05) is 0 Å². The first-order valence-corrected chi connectivity index (χ1v) is 3.98. The number of hydrogen-bond acceptors (Lipinski definition) is 4. The molecule has 0 aliphatic carbocycles. The second-order valence-electron chi connectivity index (χ2n) is 1.90. The van der Waals surface area contributed by atoms with Crippen molar-refractivity contribution >= 4 is 17.0 Å². The Balaban J connectivity index is 3.27. The summed E-state index contributed by atoms with van der Waals surface area (Å²) in [5.41, 5.74) is -0.314. The Morgan fingerprint density at radius 1 is 1.67 bits per heavy atom. The molecular weight excluding hydrogens is 182 g/mol. The Morgan fingerprint density at radius 2 is 2.33 bits per heavy atom. The fourth-order valence-corrected chi connectivity index (χ4v) is 1.17. The molecule has 0 saturated heterocycles. The molecule has 6 heteroatoms. The quantitative estimate of drug-likeness (QED) is 0.657. The summed E-state index contributed by atoms with van der Waals surface area (Å²) >= 11 is -2.60. The van der Waals surface area contributed by atoms with Crippen molar-refractivity contribution in [3.8, 4) is 0 Å². The maximum absolute atomic E-state index is 10.4. The molecule has 1 atom stereocenters. The predicted octanol–water partition coefficient (Wildman–Crippen LogP) is 0.0178. The van der Waals surface area contributed by atoms with Crippen LogP contribution in [0, 0.1) is 0 Å². The van der Waals surface area contributed by atoms with Gasteiger partial charge in [-0.1, -0.05) is 0 Å². The zero-order valence-electron chi connectivity index (χ0n) is 5.76. The fourth-order valence-electron chi connectivity index (χ4n) is 0.686. The van der Waals surface area contributed by atoms with Crippen LogP contribution in [0.3, 0.4) is 0 Å².